The van der Waals surface area contributed by atoms with Crippen LogP contribution in [0.25, 0.3) is 0 Å². The third kappa shape index (κ3) is 3.37. The molecule has 8 heteroatoms. The summed E-state index contributed by atoms with van der Waals surface area (Å²) < 4.78 is 20.5. The van der Waals surface area contributed by atoms with E-state index in [2.05, 4.69) is 10.1 Å². The van der Waals surface area contributed by atoms with E-state index in [0.29, 0.717) is 27.8 Å². The van der Waals surface area contributed by atoms with E-state index in [1.54, 1.807) is 29.6 Å². The van der Waals surface area contributed by atoms with Crippen LogP contribution in [-0.2, 0) is 9.53 Å². The zero-order valence-electron chi connectivity index (χ0n) is 12.2. The maximum atomic E-state index is 11.9. The molecule has 7 nitrogen and oxygen atoms in total. The highest BCUT2D eigenvalue weighted by Gasteiger charge is 2.17. The van der Waals surface area contributed by atoms with Crippen LogP contribution in [-0.4, -0.2) is 32.4 Å². The predicted molar refractivity (Wildman–Crippen MR) is 82.3 cm³/mol. The van der Waals surface area contributed by atoms with Gasteiger partial charge in [-0.05, 0) is 23.6 Å². The fraction of sp³-hybridized carbons (Fsp3) is 0.200. The number of fused-ring (bicyclic) bond motifs is 1. The van der Waals surface area contributed by atoms with Crippen LogP contribution < -0.4 is 19.5 Å². The Morgan fingerprint density at radius 2 is 2.09 bits per heavy atom. The summed E-state index contributed by atoms with van der Waals surface area (Å²) in [6.45, 7) is -0.0561. The molecule has 2 heterocycles. The molecule has 0 saturated heterocycles. The molecule has 1 aromatic heterocycles. The van der Waals surface area contributed by atoms with E-state index in [4.69, 9.17) is 14.2 Å². The topological polar surface area (TPSA) is 83.1 Å². The molecule has 0 unspecified atom stereocenters. The van der Waals surface area contributed by atoms with Crippen molar-refractivity contribution in [2.45, 2.75) is 0 Å². The van der Waals surface area contributed by atoms with Crippen LogP contribution in [0, 0.1) is 0 Å². The smallest absolute Gasteiger partial charge is 0.351 e. The van der Waals surface area contributed by atoms with Gasteiger partial charge in [-0.2, -0.15) is 0 Å². The van der Waals surface area contributed by atoms with E-state index >= 15 is 0 Å². The molecule has 1 aromatic carbocycles. The zero-order chi connectivity index (χ0) is 16.2. The quantitative estimate of drug-likeness (QED) is 0.844. The van der Waals surface area contributed by atoms with Crippen LogP contribution in [0.15, 0.2) is 29.6 Å². The summed E-state index contributed by atoms with van der Waals surface area (Å²) in [5, 5.41) is 4.38. The first kappa shape index (κ1) is 15.2. The molecule has 2 aromatic rings. The summed E-state index contributed by atoms with van der Waals surface area (Å²) in [7, 11) is 1.29. The molecule has 1 aliphatic heterocycles. The van der Waals surface area contributed by atoms with Crippen LogP contribution >= 0.6 is 11.3 Å². The second-order valence-electron chi connectivity index (χ2n) is 4.51. The molecular formula is C15H13NO6S. The lowest BCUT2D eigenvalue weighted by atomic mass is 10.3. The molecule has 0 spiro atoms. The van der Waals surface area contributed by atoms with Crippen LogP contribution in [0.2, 0.25) is 0 Å². The Kier molecular flexibility index (Phi) is 4.33. The summed E-state index contributed by atoms with van der Waals surface area (Å²) in [5.41, 5.74) is 0.571. The molecular weight excluding hydrogens is 322 g/mol. The number of ether oxygens (including phenoxy) is 4. The minimum Gasteiger partial charge on any atom is -0.482 e. The molecule has 1 N–H and O–H groups in total. The van der Waals surface area contributed by atoms with Gasteiger partial charge in [0, 0.05) is 11.8 Å². The van der Waals surface area contributed by atoms with Crippen molar-refractivity contribution in [3.63, 3.8) is 0 Å². The summed E-state index contributed by atoms with van der Waals surface area (Å²) in [5.74, 6) is 0.689. The van der Waals surface area contributed by atoms with E-state index < -0.39 is 5.97 Å². The molecule has 0 atom stereocenters. The second-order valence-corrected chi connectivity index (χ2v) is 5.43. The molecule has 0 radical (unpaired) electrons. The summed E-state index contributed by atoms with van der Waals surface area (Å²) in [6, 6.07) is 6.71. The number of amides is 1. The maximum Gasteiger partial charge on any atom is 0.351 e. The third-order valence-electron chi connectivity index (χ3n) is 3.01. The van der Waals surface area contributed by atoms with Crippen LogP contribution in [0.4, 0.5) is 5.69 Å². The Balaban J connectivity index is 1.58. The average molecular weight is 335 g/mol. The fourth-order valence-corrected chi connectivity index (χ4v) is 2.72. The third-order valence-corrected chi connectivity index (χ3v) is 3.89. The second kappa shape index (κ2) is 6.57. The number of esters is 1. The number of hydrogen-bond donors (Lipinski definition) is 1. The van der Waals surface area contributed by atoms with Crippen molar-refractivity contribution in [2.24, 2.45) is 0 Å². The van der Waals surface area contributed by atoms with Crippen molar-refractivity contribution in [1.29, 1.82) is 0 Å². The number of methoxy groups -OCH3 is 1. The highest BCUT2D eigenvalue weighted by molar-refractivity contribution is 7.12. The van der Waals surface area contributed by atoms with Crippen molar-refractivity contribution < 1.29 is 28.5 Å². The van der Waals surface area contributed by atoms with Gasteiger partial charge in [-0.3, -0.25) is 4.79 Å². The number of benzene rings is 1. The number of carbonyl (C=O) groups excluding carboxylic acids is 2. The molecule has 1 aliphatic rings. The first-order valence-corrected chi connectivity index (χ1v) is 7.53. The molecule has 3 rings (SSSR count). The monoisotopic (exact) mass is 335 g/mol. The van der Waals surface area contributed by atoms with Crippen molar-refractivity contribution in [3.05, 3.63) is 34.5 Å². The summed E-state index contributed by atoms with van der Waals surface area (Å²) >= 11 is 1.19. The minimum atomic E-state index is -0.494. The number of rotatable bonds is 5. The Labute approximate surface area is 135 Å². The molecule has 1 amide bonds. The van der Waals surface area contributed by atoms with Crippen LogP contribution in [0.1, 0.15) is 9.67 Å². The van der Waals surface area contributed by atoms with Gasteiger partial charge < -0.3 is 24.3 Å². The Hall–Kier alpha value is -2.74. The van der Waals surface area contributed by atoms with Crippen molar-refractivity contribution in [3.8, 4) is 17.2 Å². The fourth-order valence-electron chi connectivity index (χ4n) is 1.97. The standard InChI is InChI=1S/C15H13NO6S/c1-19-15(18)14-11(4-5-23-14)20-7-13(17)16-9-2-3-10-12(6-9)22-8-21-10/h2-6H,7-8H2,1H3,(H,16,17). The lowest BCUT2D eigenvalue weighted by Crippen LogP contribution is -2.20. The largest absolute Gasteiger partial charge is 0.482 e. The van der Waals surface area contributed by atoms with E-state index in [1.165, 1.54) is 18.4 Å². The van der Waals surface area contributed by atoms with Crippen LogP contribution in [0.3, 0.4) is 0 Å². The van der Waals surface area contributed by atoms with E-state index in [-0.39, 0.29) is 19.3 Å². The van der Waals surface area contributed by atoms with Crippen molar-refractivity contribution in [1.82, 2.24) is 0 Å². The molecule has 0 bridgehead atoms. The van der Waals surface area contributed by atoms with Gasteiger partial charge in [0.15, 0.2) is 23.0 Å². The Bertz CT molecular complexity index is 741. The highest BCUT2D eigenvalue weighted by atomic mass is 32.1. The van der Waals surface area contributed by atoms with E-state index in [9.17, 15) is 9.59 Å². The molecule has 23 heavy (non-hydrogen) atoms. The number of thiophene rings is 1. The van der Waals surface area contributed by atoms with Gasteiger partial charge in [0.1, 0.15) is 5.75 Å². The van der Waals surface area contributed by atoms with Gasteiger partial charge in [0.25, 0.3) is 5.91 Å². The Morgan fingerprint density at radius 3 is 2.91 bits per heavy atom. The highest BCUT2D eigenvalue weighted by Crippen LogP contribution is 2.34. The first-order valence-electron chi connectivity index (χ1n) is 6.65. The normalized spacial score (nSPS) is 11.9. The van der Waals surface area contributed by atoms with Gasteiger partial charge in [-0.1, -0.05) is 0 Å². The van der Waals surface area contributed by atoms with E-state index in [1.807, 2.05) is 0 Å². The van der Waals surface area contributed by atoms with Gasteiger partial charge in [-0.15, -0.1) is 11.3 Å². The SMILES string of the molecule is COC(=O)c1sccc1OCC(=O)Nc1ccc2c(c1)OCO2. The molecule has 0 aliphatic carbocycles. The predicted octanol–water partition coefficient (Wildman–Crippen LogP) is 2.28. The van der Waals surface area contributed by atoms with Crippen molar-refractivity contribution in [2.75, 3.05) is 25.8 Å². The maximum absolute atomic E-state index is 11.9. The molecule has 0 fully saturated rings. The van der Waals surface area contributed by atoms with Crippen molar-refractivity contribution >= 4 is 28.9 Å². The molecule has 120 valence electrons. The molecule has 0 saturated carbocycles. The lowest BCUT2D eigenvalue weighted by Gasteiger charge is -2.08. The summed E-state index contributed by atoms with van der Waals surface area (Å²) in [6.07, 6.45) is 0. The first-order chi connectivity index (χ1) is 11.2. The van der Waals surface area contributed by atoms with Gasteiger partial charge >= 0.3 is 5.97 Å². The van der Waals surface area contributed by atoms with Gasteiger partial charge in [0.05, 0.1) is 7.11 Å². The number of carbonyl (C=O) groups is 2. The van der Waals surface area contributed by atoms with Gasteiger partial charge in [-0.25, -0.2) is 4.79 Å². The van der Waals surface area contributed by atoms with E-state index in [0.717, 1.165) is 0 Å². The van der Waals surface area contributed by atoms with Gasteiger partial charge in [0.2, 0.25) is 6.79 Å². The minimum absolute atomic E-state index is 0.171. The average Bonchev–Trinajstić information content (AvgIpc) is 3.20. The summed E-state index contributed by atoms with van der Waals surface area (Å²) in [4.78, 5) is 23.8. The number of nitrogens with one attached hydrogen (secondary N) is 1. The Morgan fingerprint density at radius 1 is 1.26 bits per heavy atom. The lowest BCUT2D eigenvalue weighted by molar-refractivity contribution is -0.118. The number of anilines is 1. The number of hydrogen-bond acceptors (Lipinski definition) is 7. The van der Waals surface area contributed by atoms with Crippen LogP contribution in [0.5, 0.6) is 17.2 Å². The zero-order valence-corrected chi connectivity index (χ0v) is 13.0.